The first kappa shape index (κ1) is 20.9. The van der Waals surface area contributed by atoms with Crippen LogP contribution in [0.15, 0.2) is 52.7 Å². The molecule has 7 nitrogen and oxygen atoms in total. The number of nitrogens with zero attached hydrogens (tertiary/aromatic N) is 2. The summed E-state index contributed by atoms with van der Waals surface area (Å²) < 4.78 is 5.88. The lowest BCUT2D eigenvalue weighted by Crippen LogP contribution is -2.26. The summed E-state index contributed by atoms with van der Waals surface area (Å²) in [5.41, 5.74) is 2.84. The van der Waals surface area contributed by atoms with Crippen LogP contribution in [0.4, 0.5) is 0 Å². The van der Waals surface area contributed by atoms with Gasteiger partial charge >= 0.3 is 5.97 Å². The van der Waals surface area contributed by atoms with Crippen molar-refractivity contribution in [2.24, 2.45) is 10.2 Å². The summed E-state index contributed by atoms with van der Waals surface area (Å²) >= 11 is 7.11. The van der Waals surface area contributed by atoms with Crippen molar-refractivity contribution in [1.82, 2.24) is 5.32 Å². The minimum absolute atomic E-state index is 0.252. The third-order valence-corrected chi connectivity index (χ3v) is 5.28. The number of aliphatic carboxylic acids is 1. The molecule has 1 heterocycles. The van der Waals surface area contributed by atoms with Crippen LogP contribution in [0.25, 0.3) is 0 Å². The number of carbonyl (C=O) groups is 2. The molecule has 0 aliphatic carbocycles. The SMILES string of the molecule is Cc1ccc(COc2ccc(Cl)cc2C=NN=C2NC(=O)C(CC(=O)O)S2)cc1. The lowest BCUT2D eigenvalue weighted by Gasteiger charge is -2.09. The number of carboxylic acid groups (broad SMARTS) is 1. The summed E-state index contributed by atoms with van der Waals surface area (Å²) in [6.45, 7) is 2.41. The van der Waals surface area contributed by atoms with Crippen molar-refractivity contribution in [3.8, 4) is 5.75 Å². The quantitative estimate of drug-likeness (QED) is 0.515. The van der Waals surface area contributed by atoms with Gasteiger partial charge < -0.3 is 15.2 Å². The summed E-state index contributed by atoms with van der Waals surface area (Å²) in [6, 6.07) is 13.2. The van der Waals surface area contributed by atoms with Crippen molar-refractivity contribution in [2.45, 2.75) is 25.2 Å². The average molecular weight is 432 g/mol. The molecule has 1 unspecified atom stereocenters. The van der Waals surface area contributed by atoms with E-state index in [2.05, 4.69) is 15.5 Å². The van der Waals surface area contributed by atoms with Crippen LogP contribution in [0.1, 0.15) is 23.1 Å². The molecular weight excluding hydrogens is 414 g/mol. The third-order valence-electron chi connectivity index (χ3n) is 3.97. The molecule has 0 bridgehead atoms. The van der Waals surface area contributed by atoms with Crippen molar-refractivity contribution in [3.05, 3.63) is 64.2 Å². The maximum absolute atomic E-state index is 11.7. The molecule has 0 aromatic heterocycles. The van der Waals surface area contributed by atoms with E-state index in [0.717, 1.165) is 17.3 Å². The molecule has 0 saturated carbocycles. The lowest BCUT2D eigenvalue weighted by atomic mass is 10.1. The Kier molecular flexibility index (Phi) is 6.90. The molecule has 1 saturated heterocycles. The molecule has 1 fully saturated rings. The molecule has 29 heavy (non-hydrogen) atoms. The number of benzene rings is 2. The van der Waals surface area contributed by atoms with E-state index in [1.807, 2.05) is 31.2 Å². The van der Waals surface area contributed by atoms with Gasteiger partial charge in [-0.1, -0.05) is 53.2 Å². The predicted octanol–water partition coefficient (Wildman–Crippen LogP) is 3.62. The number of ether oxygens (including phenoxy) is 1. The molecule has 0 spiro atoms. The number of thioether (sulfide) groups is 1. The maximum Gasteiger partial charge on any atom is 0.305 e. The second kappa shape index (κ2) is 9.58. The van der Waals surface area contributed by atoms with Gasteiger partial charge in [0, 0.05) is 10.6 Å². The van der Waals surface area contributed by atoms with Gasteiger partial charge in [0.05, 0.1) is 12.6 Å². The zero-order valence-corrected chi connectivity index (χ0v) is 17.0. The van der Waals surface area contributed by atoms with Gasteiger partial charge in [-0.05, 0) is 30.7 Å². The topological polar surface area (TPSA) is 100 Å². The zero-order valence-electron chi connectivity index (χ0n) is 15.5. The Balaban J connectivity index is 1.68. The molecular formula is C20H18ClN3O4S. The number of hydrogen-bond donors (Lipinski definition) is 2. The Morgan fingerprint density at radius 1 is 1.31 bits per heavy atom. The highest BCUT2D eigenvalue weighted by Crippen LogP contribution is 2.24. The number of carbonyl (C=O) groups excluding carboxylic acids is 1. The molecule has 1 amide bonds. The van der Waals surface area contributed by atoms with E-state index in [-0.39, 0.29) is 11.6 Å². The Morgan fingerprint density at radius 2 is 2.07 bits per heavy atom. The first-order chi connectivity index (χ1) is 13.9. The smallest absolute Gasteiger partial charge is 0.305 e. The fourth-order valence-corrected chi connectivity index (χ4v) is 3.58. The van der Waals surface area contributed by atoms with E-state index in [1.165, 1.54) is 11.8 Å². The third kappa shape index (κ3) is 6.07. The van der Waals surface area contributed by atoms with Crippen LogP contribution < -0.4 is 10.1 Å². The molecule has 2 N–H and O–H groups in total. The maximum atomic E-state index is 11.7. The highest BCUT2D eigenvalue weighted by molar-refractivity contribution is 8.15. The van der Waals surface area contributed by atoms with E-state index >= 15 is 0 Å². The van der Waals surface area contributed by atoms with Crippen LogP contribution >= 0.6 is 23.4 Å². The monoisotopic (exact) mass is 431 g/mol. The lowest BCUT2D eigenvalue weighted by molar-refractivity contribution is -0.138. The molecule has 1 aliphatic heterocycles. The summed E-state index contributed by atoms with van der Waals surface area (Å²) in [5, 5.41) is 19.3. The fraction of sp³-hybridized carbons (Fsp3) is 0.200. The van der Waals surface area contributed by atoms with E-state index < -0.39 is 17.1 Å². The molecule has 0 radical (unpaired) electrons. The molecule has 2 aromatic rings. The summed E-state index contributed by atoms with van der Waals surface area (Å²) in [5.74, 6) is -0.848. The van der Waals surface area contributed by atoms with Crippen LogP contribution in [0.2, 0.25) is 5.02 Å². The Morgan fingerprint density at radius 3 is 2.79 bits per heavy atom. The first-order valence-electron chi connectivity index (χ1n) is 8.69. The molecule has 1 aliphatic rings. The molecule has 2 aromatic carbocycles. The summed E-state index contributed by atoms with van der Waals surface area (Å²) in [7, 11) is 0. The molecule has 150 valence electrons. The van der Waals surface area contributed by atoms with E-state index in [0.29, 0.717) is 22.9 Å². The number of hydrogen-bond acceptors (Lipinski definition) is 6. The van der Waals surface area contributed by atoms with Crippen LogP contribution in [0.3, 0.4) is 0 Å². The predicted molar refractivity (Wildman–Crippen MR) is 114 cm³/mol. The number of aryl methyl sites for hydroxylation is 1. The minimum atomic E-state index is -1.04. The van der Waals surface area contributed by atoms with Gasteiger partial charge in [0.1, 0.15) is 17.6 Å². The molecule has 1 atom stereocenters. The zero-order chi connectivity index (χ0) is 20.8. The second-order valence-electron chi connectivity index (χ2n) is 6.30. The first-order valence-corrected chi connectivity index (χ1v) is 9.94. The van der Waals surface area contributed by atoms with Gasteiger partial charge in [-0.3, -0.25) is 9.59 Å². The van der Waals surface area contributed by atoms with Crippen molar-refractivity contribution in [2.75, 3.05) is 0 Å². The normalized spacial score (nSPS) is 17.7. The molecule has 9 heteroatoms. The second-order valence-corrected chi connectivity index (χ2v) is 7.93. The Hall–Kier alpha value is -2.84. The van der Waals surface area contributed by atoms with Crippen LogP contribution in [0.5, 0.6) is 5.75 Å². The van der Waals surface area contributed by atoms with Gasteiger partial charge in [-0.15, -0.1) is 5.10 Å². The van der Waals surface area contributed by atoms with Crippen LogP contribution in [0, 0.1) is 6.92 Å². The summed E-state index contributed by atoms with van der Waals surface area (Å²) in [4.78, 5) is 22.5. The van der Waals surface area contributed by atoms with E-state index in [1.54, 1.807) is 18.2 Å². The standard InChI is InChI=1S/C20H18ClN3O4S/c1-12-2-4-13(5-3-12)11-28-16-7-6-15(21)8-14(16)10-22-24-20-23-19(27)17(29-20)9-18(25)26/h2-8,10,17H,9,11H2,1H3,(H,25,26)(H,23,24,27). The Bertz CT molecular complexity index is 976. The van der Waals surface area contributed by atoms with Gasteiger partial charge in [-0.2, -0.15) is 5.10 Å². The number of rotatable bonds is 7. The average Bonchev–Trinajstić information content (AvgIpc) is 3.01. The highest BCUT2D eigenvalue weighted by Gasteiger charge is 2.32. The summed E-state index contributed by atoms with van der Waals surface area (Å²) in [6.07, 6.45) is 1.20. The molecule has 3 rings (SSSR count). The van der Waals surface area contributed by atoms with Gasteiger partial charge in [0.15, 0.2) is 5.17 Å². The van der Waals surface area contributed by atoms with Crippen molar-refractivity contribution >= 4 is 46.6 Å². The number of nitrogens with one attached hydrogen (secondary N) is 1. The number of amidine groups is 1. The number of amides is 1. The van der Waals surface area contributed by atoms with Crippen LogP contribution in [-0.2, 0) is 16.2 Å². The Labute approximate surface area is 176 Å². The van der Waals surface area contributed by atoms with Crippen LogP contribution in [-0.4, -0.2) is 33.6 Å². The van der Waals surface area contributed by atoms with Crippen molar-refractivity contribution < 1.29 is 19.4 Å². The fourth-order valence-electron chi connectivity index (χ4n) is 2.49. The number of halogens is 1. The number of carboxylic acids is 1. The highest BCUT2D eigenvalue weighted by atomic mass is 35.5. The largest absolute Gasteiger partial charge is 0.488 e. The van der Waals surface area contributed by atoms with Crippen molar-refractivity contribution in [1.29, 1.82) is 0 Å². The van der Waals surface area contributed by atoms with Gasteiger partial charge in [0.25, 0.3) is 0 Å². The van der Waals surface area contributed by atoms with Gasteiger partial charge in [-0.25, -0.2) is 0 Å². The minimum Gasteiger partial charge on any atom is -0.488 e. The van der Waals surface area contributed by atoms with Gasteiger partial charge in [0.2, 0.25) is 5.91 Å². The van der Waals surface area contributed by atoms with Crippen molar-refractivity contribution in [3.63, 3.8) is 0 Å². The van der Waals surface area contributed by atoms with E-state index in [4.69, 9.17) is 21.4 Å². The van der Waals surface area contributed by atoms with E-state index in [9.17, 15) is 9.59 Å².